The number of carbonyl (C=O) groups is 2. The average molecular weight is 346 g/mol. The lowest BCUT2D eigenvalue weighted by atomic mass is 10.0. The number of piperazine rings is 1. The summed E-state index contributed by atoms with van der Waals surface area (Å²) in [5.41, 5.74) is 1.74. The number of nitrogens with zero attached hydrogens (tertiary/aromatic N) is 2. The minimum Gasteiger partial charge on any atom is -0.478 e. The number of amides is 2. The van der Waals surface area contributed by atoms with E-state index < -0.39 is 6.10 Å². The summed E-state index contributed by atoms with van der Waals surface area (Å²) in [5, 5.41) is 0. The number of quaternary nitrogens is 1. The normalized spacial score (nSPS) is 21.3. The van der Waals surface area contributed by atoms with Crippen LogP contribution in [-0.2, 0) is 9.59 Å². The van der Waals surface area contributed by atoms with Crippen molar-refractivity contribution in [2.75, 3.05) is 44.7 Å². The first-order valence-corrected chi connectivity index (χ1v) is 9.04. The molecule has 6 heteroatoms. The molecule has 0 saturated carbocycles. The van der Waals surface area contributed by atoms with E-state index in [0.717, 1.165) is 31.7 Å². The maximum Gasteiger partial charge on any atom is 0.268 e. The lowest BCUT2D eigenvalue weighted by molar-refractivity contribution is -0.883. The fourth-order valence-electron chi connectivity index (χ4n) is 3.35. The van der Waals surface area contributed by atoms with Gasteiger partial charge in [0.05, 0.1) is 38.9 Å². The van der Waals surface area contributed by atoms with E-state index in [9.17, 15) is 9.59 Å². The van der Waals surface area contributed by atoms with Gasteiger partial charge >= 0.3 is 0 Å². The molecule has 2 aliphatic heterocycles. The average Bonchev–Trinajstić information content (AvgIpc) is 2.57. The molecule has 2 heterocycles. The fourth-order valence-corrected chi connectivity index (χ4v) is 3.35. The lowest BCUT2D eigenvalue weighted by Crippen LogP contribution is -3.12. The SMILES string of the molecule is Cc1ccc2c(c1)N(CC(=O)N1CC[NH+](C)CC1)C(=O)[C@H](C(C)C)O2. The summed E-state index contributed by atoms with van der Waals surface area (Å²) in [7, 11) is 2.14. The van der Waals surface area contributed by atoms with Crippen LogP contribution in [0.5, 0.6) is 5.75 Å². The largest absolute Gasteiger partial charge is 0.478 e. The Balaban J connectivity index is 1.84. The summed E-state index contributed by atoms with van der Waals surface area (Å²) in [6, 6.07) is 5.78. The van der Waals surface area contributed by atoms with Crippen LogP contribution < -0.4 is 14.5 Å². The summed E-state index contributed by atoms with van der Waals surface area (Å²) in [4.78, 5) is 30.6. The Hall–Kier alpha value is -2.08. The van der Waals surface area contributed by atoms with Crippen LogP contribution >= 0.6 is 0 Å². The summed E-state index contributed by atoms with van der Waals surface area (Å²) >= 11 is 0. The van der Waals surface area contributed by atoms with Crippen LogP contribution in [0.3, 0.4) is 0 Å². The summed E-state index contributed by atoms with van der Waals surface area (Å²) in [6.45, 7) is 9.38. The molecule has 1 aromatic rings. The van der Waals surface area contributed by atoms with Crippen LogP contribution in [0.4, 0.5) is 5.69 Å². The number of ether oxygens (including phenoxy) is 1. The summed E-state index contributed by atoms with van der Waals surface area (Å²) in [5.74, 6) is 0.616. The van der Waals surface area contributed by atoms with Crippen LogP contribution in [-0.4, -0.2) is 62.6 Å². The second-order valence-electron chi connectivity index (χ2n) is 7.52. The molecular formula is C19H28N3O3+. The van der Waals surface area contributed by atoms with Crippen LogP contribution in [0.2, 0.25) is 0 Å². The Labute approximate surface area is 149 Å². The van der Waals surface area contributed by atoms with E-state index in [1.54, 1.807) is 4.90 Å². The topological polar surface area (TPSA) is 54.3 Å². The minimum atomic E-state index is -0.542. The van der Waals surface area contributed by atoms with Crippen molar-refractivity contribution in [2.45, 2.75) is 26.9 Å². The van der Waals surface area contributed by atoms with Gasteiger partial charge < -0.3 is 14.5 Å². The zero-order chi connectivity index (χ0) is 18.1. The van der Waals surface area contributed by atoms with E-state index in [1.165, 1.54) is 4.90 Å². The predicted octanol–water partition coefficient (Wildman–Crippen LogP) is 0.102. The van der Waals surface area contributed by atoms with Crippen molar-refractivity contribution in [1.82, 2.24) is 4.90 Å². The molecule has 0 aliphatic carbocycles. The maximum absolute atomic E-state index is 12.9. The molecule has 0 spiro atoms. The van der Waals surface area contributed by atoms with Gasteiger partial charge in [0.15, 0.2) is 6.10 Å². The molecule has 0 bridgehead atoms. The quantitative estimate of drug-likeness (QED) is 0.845. The molecule has 6 nitrogen and oxygen atoms in total. The molecule has 1 N–H and O–H groups in total. The highest BCUT2D eigenvalue weighted by molar-refractivity contribution is 6.04. The molecule has 0 radical (unpaired) electrons. The molecule has 0 unspecified atom stereocenters. The second-order valence-corrected chi connectivity index (χ2v) is 7.52. The number of nitrogens with one attached hydrogen (secondary N) is 1. The molecule has 3 rings (SSSR count). The Morgan fingerprint density at radius 1 is 1.32 bits per heavy atom. The highest BCUT2D eigenvalue weighted by Crippen LogP contribution is 2.36. The zero-order valence-corrected chi connectivity index (χ0v) is 15.5. The van der Waals surface area contributed by atoms with Crippen molar-refractivity contribution < 1.29 is 19.2 Å². The molecule has 1 fully saturated rings. The van der Waals surface area contributed by atoms with E-state index in [2.05, 4.69) is 7.05 Å². The van der Waals surface area contributed by atoms with E-state index in [1.807, 2.05) is 43.9 Å². The zero-order valence-electron chi connectivity index (χ0n) is 15.5. The predicted molar refractivity (Wildman–Crippen MR) is 96.0 cm³/mol. The van der Waals surface area contributed by atoms with E-state index in [4.69, 9.17) is 4.74 Å². The molecule has 136 valence electrons. The number of fused-ring (bicyclic) bond motifs is 1. The van der Waals surface area contributed by atoms with Gasteiger partial charge in [-0.1, -0.05) is 19.9 Å². The molecule has 1 aromatic carbocycles. The summed E-state index contributed by atoms with van der Waals surface area (Å²) < 4.78 is 5.91. The molecular weight excluding hydrogens is 318 g/mol. The van der Waals surface area contributed by atoms with Crippen LogP contribution in [0, 0.1) is 12.8 Å². The van der Waals surface area contributed by atoms with E-state index in [-0.39, 0.29) is 24.3 Å². The van der Waals surface area contributed by atoms with E-state index in [0.29, 0.717) is 11.4 Å². The number of anilines is 1. The van der Waals surface area contributed by atoms with Gasteiger partial charge in [0.25, 0.3) is 5.91 Å². The third-order valence-corrected chi connectivity index (χ3v) is 5.04. The van der Waals surface area contributed by atoms with E-state index >= 15 is 0 Å². The minimum absolute atomic E-state index is 0.0118. The number of hydrogen-bond donors (Lipinski definition) is 1. The highest BCUT2D eigenvalue weighted by Gasteiger charge is 2.38. The van der Waals surface area contributed by atoms with Crippen molar-refractivity contribution in [2.24, 2.45) is 5.92 Å². The third kappa shape index (κ3) is 3.63. The maximum atomic E-state index is 12.9. The van der Waals surface area contributed by atoms with Crippen LogP contribution in [0.1, 0.15) is 19.4 Å². The first-order chi connectivity index (χ1) is 11.9. The highest BCUT2D eigenvalue weighted by atomic mass is 16.5. The monoisotopic (exact) mass is 346 g/mol. The first-order valence-electron chi connectivity index (χ1n) is 9.04. The van der Waals surface area contributed by atoms with Gasteiger partial charge in [-0.25, -0.2) is 0 Å². The number of benzene rings is 1. The van der Waals surface area contributed by atoms with Gasteiger partial charge in [-0.05, 0) is 30.5 Å². The van der Waals surface area contributed by atoms with Crippen molar-refractivity contribution in [3.05, 3.63) is 23.8 Å². The van der Waals surface area contributed by atoms with Gasteiger partial charge in [0.2, 0.25) is 5.91 Å². The number of likely N-dealkylation sites (N-methyl/N-ethyl adjacent to an activating group) is 1. The van der Waals surface area contributed by atoms with Crippen molar-refractivity contribution >= 4 is 17.5 Å². The van der Waals surface area contributed by atoms with Crippen molar-refractivity contribution in [3.8, 4) is 5.75 Å². The summed E-state index contributed by atoms with van der Waals surface area (Å²) in [6.07, 6.45) is -0.542. The third-order valence-electron chi connectivity index (χ3n) is 5.04. The molecule has 25 heavy (non-hydrogen) atoms. The van der Waals surface area contributed by atoms with Gasteiger partial charge in [-0.15, -0.1) is 0 Å². The van der Waals surface area contributed by atoms with Gasteiger partial charge in [-0.2, -0.15) is 0 Å². The smallest absolute Gasteiger partial charge is 0.268 e. The Kier molecular flexibility index (Phi) is 4.99. The standard InChI is InChI=1S/C19H27N3O3/c1-13(2)18-19(24)22(15-11-14(3)5-6-16(15)25-18)12-17(23)21-9-7-20(4)8-10-21/h5-6,11,13,18H,7-10,12H2,1-4H3/p+1/t18-/m0/s1. The van der Waals surface area contributed by atoms with Crippen LogP contribution in [0.25, 0.3) is 0 Å². The Morgan fingerprint density at radius 2 is 2.00 bits per heavy atom. The van der Waals surface area contributed by atoms with Crippen LogP contribution in [0.15, 0.2) is 18.2 Å². The number of rotatable bonds is 3. The molecule has 0 aromatic heterocycles. The lowest BCUT2D eigenvalue weighted by Gasteiger charge is -2.37. The van der Waals surface area contributed by atoms with Gasteiger partial charge in [0.1, 0.15) is 12.3 Å². The number of aryl methyl sites for hydroxylation is 1. The van der Waals surface area contributed by atoms with Gasteiger partial charge in [0, 0.05) is 0 Å². The Morgan fingerprint density at radius 3 is 2.64 bits per heavy atom. The first kappa shape index (κ1) is 17.7. The fraction of sp³-hybridized carbons (Fsp3) is 0.579. The van der Waals surface area contributed by atoms with Gasteiger partial charge in [-0.3, -0.25) is 14.5 Å². The molecule has 2 aliphatic rings. The van der Waals surface area contributed by atoms with Crippen molar-refractivity contribution in [3.63, 3.8) is 0 Å². The van der Waals surface area contributed by atoms with Crippen molar-refractivity contribution in [1.29, 1.82) is 0 Å². The number of carbonyl (C=O) groups excluding carboxylic acids is 2. The number of hydrogen-bond acceptors (Lipinski definition) is 3. The molecule has 2 amide bonds. The molecule has 1 saturated heterocycles. The second kappa shape index (κ2) is 7.04. The molecule has 1 atom stereocenters. The Bertz CT molecular complexity index is 666.